The van der Waals surface area contributed by atoms with E-state index in [1.807, 2.05) is 0 Å². The van der Waals surface area contributed by atoms with Crippen LogP contribution < -0.4 is 5.32 Å². The quantitative estimate of drug-likeness (QED) is 0.552. The first-order valence-electron chi connectivity index (χ1n) is 6.12. The molecule has 0 saturated carbocycles. The second-order valence-electron chi connectivity index (χ2n) is 3.87. The Morgan fingerprint density at radius 2 is 2.26 bits per heavy atom. The molecule has 1 aromatic carbocycles. The molecule has 0 fully saturated rings. The molecule has 5 heteroatoms. The highest BCUT2D eigenvalue weighted by molar-refractivity contribution is 5.91. The van der Waals surface area contributed by atoms with Gasteiger partial charge in [-0.3, -0.25) is 4.79 Å². The number of halogens is 1. The summed E-state index contributed by atoms with van der Waals surface area (Å²) in [5.74, 6) is -0.560. The minimum absolute atomic E-state index is 0.00271. The van der Waals surface area contributed by atoms with Crippen molar-refractivity contribution in [2.24, 2.45) is 0 Å². The molecule has 0 heterocycles. The molecule has 0 saturated heterocycles. The molecule has 1 aromatic rings. The van der Waals surface area contributed by atoms with Gasteiger partial charge < -0.3 is 15.2 Å². The molecule has 0 spiro atoms. The molecule has 1 amide bonds. The van der Waals surface area contributed by atoms with E-state index in [1.165, 1.54) is 18.2 Å². The third kappa shape index (κ3) is 7.33. The van der Waals surface area contributed by atoms with Crippen LogP contribution in [0.5, 0.6) is 0 Å². The van der Waals surface area contributed by atoms with E-state index in [1.54, 1.807) is 18.2 Å². The number of nitrogens with one attached hydrogen (secondary N) is 1. The molecule has 0 bridgehead atoms. The standard InChI is InChI=1S/C14H18FNO3/c15-13-4-1-3-12(11-13)5-6-14(18)16-7-2-9-19-10-8-17/h1,3-6,11,17H,2,7-10H2,(H,16,18)/b6-5+. The Kier molecular flexibility index (Phi) is 7.46. The van der Waals surface area contributed by atoms with E-state index in [0.29, 0.717) is 31.7 Å². The number of benzene rings is 1. The van der Waals surface area contributed by atoms with Gasteiger partial charge in [0.1, 0.15) is 5.82 Å². The maximum absolute atomic E-state index is 12.9. The smallest absolute Gasteiger partial charge is 0.244 e. The molecule has 0 radical (unpaired) electrons. The van der Waals surface area contributed by atoms with Gasteiger partial charge in [-0.2, -0.15) is 0 Å². The first kappa shape index (κ1) is 15.3. The summed E-state index contributed by atoms with van der Waals surface area (Å²) in [6.45, 7) is 1.31. The van der Waals surface area contributed by atoms with Gasteiger partial charge in [0.05, 0.1) is 13.2 Å². The van der Waals surface area contributed by atoms with Gasteiger partial charge in [0, 0.05) is 19.2 Å². The first-order valence-corrected chi connectivity index (χ1v) is 6.12. The Hall–Kier alpha value is -1.72. The van der Waals surface area contributed by atoms with Crippen LogP contribution in [0.2, 0.25) is 0 Å². The van der Waals surface area contributed by atoms with Crippen LogP contribution in [0.4, 0.5) is 4.39 Å². The summed E-state index contributed by atoms with van der Waals surface area (Å²) in [6.07, 6.45) is 3.60. The average molecular weight is 267 g/mol. The molecule has 19 heavy (non-hydrogen) atoms. The van der Waals surface area contributed by atoms with Crippen molar-refractivity contribution in [1.82, 2.24) is 5.32 Å². The van der Waals surface area contributed by atoms with E-state index in [0.717, 1.165) is 0 Å². The highest BCUT2D eigenvalue weighted by atomic mass is 19.1. The number of ether oxygens (including phenoxy) is 1. The van der Waals surface area contributed by atoms with Crippen molar-refractivity contribution >= 4 is 12.0 Å². The summed E-state index contributed by atoms with van der Waals surface area (Å²) < 4.78 is 17.9. The Morgan fingerprint density at radius 3 is 3.00 bits per heavy atom. The Morgan fingerprint density at radius 1 is 1.42 bits per heavy atom. The minimum atomic E-state index is -0.330. The topological polar surface area (TPSA) is 58.6 Å². The minimum Gasteiger partial charge on any atom is -0.394 e. The third-order valence-electron chi connectivity index (χ3n) is 2.28. The molecule has 0 aromatic heterocycles. The monoisotopic (exact) mass is 267 g/mol. The molecule has 104 valence electrons. The van der Waals surface area contributed by atoms with Crippen molar-refractivity contribution < 1.29 is 19.0 Å². The van der Waals surface area contributed by atoms with Crippen LogP contribution in [0, 0.1) is 5.82 Å². The number of hydrogen-bond donors (Lipinski definition) is 2. The van der Waals surface area contributed by atoms with Crippen LogP contribution in [-0.2, 0) is 9.53 Å². The zero-order valence-corrected chi connectivity index (χ0v) is 10.6. The van der Waals surface area contributed by atoms with Gasteiger partial charge in [0.15, 0.2) is 0 Å². The van der Waals surface area contributed by atoms with E-state index in [9.17, 15) is 9.18 Å². The van der Waals surface area contributed by atoms with Crippen molar-refractivity contribution in [3.63, 3.8) is 0 Å². The van der Waals surface area contributed by atoms with E-state index in [-0.39, 0.29) is 18.3 Å². The lowest BCUT2D eigenvalue weighted by molar-refractivity contribution is -0.116. The fraction of sp³-hybridized carbons (Fsp3) is 0.357. The predicted molar refractivity (Wildman–Crippen MR) is 71.0 cm³/mol. The van der Waals surface area contributed by atoms with E-state index in [2.05, 4.69) is 5.32 Å². The van der Waals surface area contributed by atoms with Gasteiger partial charge in [-0.05, 0) is 30.2 Å². The molecule has 4 nitrogen and oxygen atoms in total. The summed E-state index contributed by atoms with van der Waals surface area (Å²) in [7, 11) is 0. The van der Waals surface area contributed by atoms with Crippen LogP contribution in [0.25, 0.3) is 6.08 Å². The molecule has 1 rings (SSSR count). The van der Waals surface area contributed by atoms with Crippen molar-refractivity contribution in [2.45, 2.75) is 6.42 Å². The van der Waals surface area contributed by atoms with Crippen LogP contribution in [0.3, 0.4) is 0 Å². The Labute approximate surface area is 111 Å². The largest absolute Gasteiger partial charge is 0.394 e. The number of carbonyl (C=O) groups excluding carboxylic acids is 1. The summed E-state index contributed by atoms with van der Waals surface area (Å²) in [5.41, 5.74) is 0.640. The second kappa shape index (κ2) is 9.24. The second-order valence-corrected chi connectivity index (χ2v) is 3.87. The van der Waals surface area contributed by atoms with Crippen molar-refractivity contribution in [2.75, 3.05) is 26.4 Å². The van der Waals surface area contributed by atoms with Crippen LogP contribution in [0.1, 0.15) is 12.0 Å². The fourth-order valence-electron chi connectivity index (χ4n) is 1.39. The normalized spacial score (nSPS) is 10.8. The fourth-order valence-corrected chi connectivity index (χ4v) is 1.39. The molecule has 0 unspecified atom stereocenters. The number of hydrogen-bond acceptors (Lipinski definition) is 3. The summed E-state index contributed by atoms with van der Waals surface area (Å²) >= 11 is 0. The maximum Gasteiger partial charge on any atom is 0.244 e. The predicted octanol–water partition coefficient (Wildman–Crippen LogP) is 1.35. The van der Waals surface area contributed by atoms with Crippen LogP contribution in [0.15, 0.2) is 30.3 Å². The van der Waals surface area contributed by atoms with Crippen molar-refractivity contribution in [3.05, 3.63) is 41.7 Å². The molecular formula is C14H18FNO3. The molecule has 0 aliphatic carbocycles. The maximum atomic E-state index is 12.9. The van der Waals surface area contributed by atoms with E-state index in [4.69, 9.17) is 9.84 Å². The van der Waals surface area contributed by atoms with Crippen molar-refractivity contribution in [1.29, 1.82) is 0 Å². The van der Waals surface area contributed by atoms with Crippen LogP contribution in [-0.4, -0.2) is 37.4 Å². The lowest BCUT2D eigenvalue weighted by atomic mass is 10.2. The van der Waals surface area contributed by atoms with Gasteiger partial charge in [-0.25, -0.2) is 4.39 Å². The highest BCUT2D eigenvalue weighted by Gasteiger charge is 1.96. The average Bonchev–Trinajstić information content (AvgIpc) is 2.40. The summed E-state index contributed by atoms with van der Waals surface area (Å²) in [5, 5.41) is 11.2. The molecule has 2 N–H and O–H groups in total. The van der Waals surface area contributed by atoms with E-state index >= 15 is 0 Å². The molecule has 0 aliphatic heterocycles. The zero-order chi connectivity index (χ0) is 13.9. The van der Waals surface area contributed by atoms with Gasteiger partial charge in [-0.1, -0.05) is 12.1 Å². The summed E-state index contributed by atoms with van der Waals surface area (Å²) in [6, 6.07) is 6.01. The van der Waals surface area contributed by atoms with Gasteiger partial charge in [0.25, 0.3) is 0 Å². The number of aliphatic hydroxyl groups excluding tert-OH is 1. The zero-order valence-electron chi connectivity index (χ0n) is 10.6. The molecular weight excluding hydrogens is 249 g/mol. The lowest BCUT2D eigenvalue weighted by Crippen LogP contribution is -2.23. The van der Waals surface area contributed by atoms with Crippen molar-refractivity contribution in [3.8, 4) is 0 Å². The number of aliphatic hydroxyl groups is 1. The lowest BCUT2D eigenvalue weighted by Gasteiger charge is -2.03. The Balaban J connectivity index is 2.20. The number of amides is 1. The summed E-state index contributed by atoms with van der Waals surface area (Å²) in [4.78, 5) is 11.4. The Bertz CT molecular complexity index is 421. The highest BCUT2D eigenvalue weighted by Crippen LogP contribution is 2.04. The SMILES string of the molecule is O=C(/C=C/c1cccc(F)c1)NCCCOCCO. The first-order chi connectivity index (χ1) is 9.22. The van der Waals surface area contributed by atoms with Gasteiger partial charge in [-0.15, -0.1) is 0 Å². The van der Waals surface area contributed by atoms with E-state index < -0.39 is 0 Å². The third-order valence-corrected chi connectivity index (χ3v) is 2.28. The van der Waals surface area contributed by atoms with Gasteiger partial charge in [0.2, 0.25) is 5.91 Å². The van der Waals surface area contributed by atoms with Crippen LogP contribution >= 0.6 is 0 Å². The number of carbonyl (C=O) groups is 1. The van der Waals surface area contributed by atoms with Gasteiger partial charge >= 0.3 is 0 Å². The molecule has 0 aliphatic rings. The number of rotatable bonds is 8. The molecule has 0 atom stereocenters.